The minimum atomic E-state index is -1.51. The molecule has 1 aromatic rings. The van der Waals surface area contributed by atoms with Crippen molar-refractivity contribution in [2.24, 2.45) is 5.92 Å². The van der Waals surface area contributed by atoms with Crippen molar-refractivity contribution in [3.05, 3.63) is 34.9 Å². The highest BCUT2D eigenvalue weighted by molar-refractivity contribution is 7.99. The van der Waals surface area contributed by atoms with Crippen LogP contribution < -0.4 is 5.32 Å². The van der Waals surface area contributed by atoms with E-state index in [9.17, 15) is 24.9 Å². The first-order valence-corrected chi connectivity index (χ1v) is 14.8. The first-order chi connectivity index (χ1) is 18.6. The number of aliphatic hydroxyl groups is 3. The van der Waals surface area contributed by atoms with Gasteiger partial charge in [0.15, 0.2) is 0 Å². The molecule has 4 N–H and O–H groups in total. The highest BCUT2D eigenvalue weighted by Crippen LogP contribution is 2.32. The van der Waals surface area contributed by atoms with E-state index in [0.717, 1.165) is 37.6 Å². The van der Waals surface area contributed by atoms with Crippen molar-refractivity contribution in [2.45, 2.75) is 81.1 Å². The van der Waals surface area contributed by atoms with Gasteiger partial charge in [0.25, 0.3) is 0 Å². The number of likely N-dealkylation sites (N-methyl/N-ethyl adjacent to an activating group) is 1. The lowest BCUT2D eigenvalue weighted by atomic mass is 9.91. The van der Waals surface area contributed by atoms with Gasteiger partial charge in [-0.2, -0.15) is 0 Å². The molecule has 0 aromatic heterocycles. The maximum Gasteiger partial charge on any atom is 0.338 e. The van der Waals surface area contributed by atoms with Crippen molar-refractivity contribution < 1.29 is 39.1 Å². The van der Waals surface area contributed by atoms with Crippen molar-refractivity contribution in [2.75, 3.05) is 33.1 Å². The molecule has 9 atom stereocenters. The van der Waals surface area contributed by atoms with Crippen molar-refractivity contribution in [3.8, 4) is 0 Å². The monoisotopic (exact) mass is 588 g/mol. The molecule has 0 unspecified atom stereocenters. The molecule has 1 amide bonds. The standard InChI is InChI=1S/C27H41ClN2O8S/c1-5-7-16-12-19(30(3)14-16)25(34)29-20(15(2)36-4)24-22(32)21(31)23(33)27(38-24)39-11-10-37-26(35)17-8-6-9-18(28)13-17/h6,8-9,13,15-16,19-24,27,31-33H,5,7,10-12,14H2,1-4H3,(H,29,34)/t15-,16-,19+,20-,21+,22-,23-,24-,27-/m1/s1. The number of halogens is 1. The predicted octanol–water partition coefficient (Wildman–Crippen LogP) is 1.68. The van der Waals surface area contributed by atoms with Crippen LogP contribution in [-0.2, 0) is 19.0 Å². The number of carbonyl (C=O) groups is 2. The topological polar surface area (TPSA) is 138 Å². The lowest BCUT2D eigenvalue weighted by molar-refractivity contribution is -0.212. The molecule has 3 rings (SSSR count). The van der Waals surface area contributed by atoms with Gasteiger partial charge in [0.05, 0.1) is 23.8 Å². The Balaban J connectivity index is 1.62. The number of hydrogen-bond acceptors (Lipinski definition) is 10. The number of ether oxygens (including phenoxy) is 3. The number of aliphatic hydroxyl groups excluding tert-OH is 3. The Kier molecular flexibility index (Phi) is 12.3. The van der Waals surface area contributed by atoms with Crippen molar-refractivity contribution >= 4 is 35.2 Å². The molecule has 39 heavy (non-hydrogen) atoms. The minimum absolute atomic E-state index is 0.0213. The Morgan fingerprint density at radius 3 is 2.67 bits per heavy atom. The fraction of sp³-hybridized carbons (Fsp3) is 0.704. The van der Waals surface area contributed by atoms with E-state index in [4.69, 9.17) is 25.8 Å². The normalized spacial score (nSPS) is 31.0. The van der Waals surface area contributed by atoms with E-state index in [0.29, 0.717) is 16.5 Å². The number of esters is 1. The average Bonchev–Trinajstić information content (AvgIpc) is 3.29. The summed E-state index contributed by atoms with van der Waals surface area (Å²) in [6.07, 6.45) is -3.13. The largest absolute Gasteiger partial charge is 0.461 e. The molecule has 2 heterocycles. The van der Waals surface area contributed by atoms with Gasteiger partial charge in [-0.05, 0) is 50.9 Å². The number of thioether (sulfide) groups is 1. The molecule has 2 saturated heterocycles. The smallest absolute Gasteiger partial charge is 0.338 e. The third-order valence-corrected chi connectivity index (χ3v) is 8.80. The third kappa shape index (κ3) is 8.29. The molecule has 0 spiro atoms. The summed E-state index contributed by atoms with van der Waals surface area (Å²) in [5.74, 6) is -0.0345. The Bertz CT molecular complexity index is 958. The summed E-state index contributed by atoms with van der Waals surface area (Å²) in [6.45, 7) is 4.73. The number of methoxy groups -OCH3 is 1. The van der Waals surface area contributed by atoms with Gasteiger partial charge in [0.2, 0.25) is 5.91 Å². The van der Waals surface area contributed by atoms with Gasteiger partial charge in [-0.1, -0.05) is 31.0 Å². The van der Waals surface area contributed by atoms with Gasteiger partial charge >= 0.3 is 5.97 Å². The summed E-state index contributed by atoms with van der Waals surface area (Å²) in [5, 5.41) is 35.5. The Morgan fingerprint density at radius 2 is 2.00 bits per heavy atom. The second-order valence-electron chi connectivity index (χ2n) is 10.3. The Morgan fingerprint density at radius 1 is 1.26 bits per heavy atom. The van der Waals surface area contributed by atoms with Gasteiger partial charge < -0.3 is 34.8 Å². The van der Waals surface area contributed by atoms with Crippen LogP contribution in [0.5, 0.6) is 0 Å². The number of likely N-dealkylation sites (tertiary alicyclic amines) is 1. The van der Waals surface area contributed by atoms with Gasteiger partial charge in [-0.25, -0.2) is 4.79 Å². The van der Waals surface area contributed by atoms with Crippen LogP contribution in [0.3, 0.4) is 0 Å². The zero-order valence-electron chi connectivity index (χ0n) is 22.9. The molecule has 2 fully saturated rings. The van der Waals surface area contributed by atoms with Crippen LogP contribution >= 0.6 is 23.4 Å². The summed E-state index contributed by atoms with van der Waals surface area (Å²) < 4.78 is 16.8. The average molecular weight is 589 g/mol. The molecule has 0 bridgehead atoms. The zero-order valence-corrected chi connectivity index (χ0v) is 24.4. The summed E-state index contributed by atoms with van der Waals surface area (Å²) in [6, 6.07) is 5.30. The number of nitrogens with one attached hydrogen (secondary N) is 1. The first kappa shape index (κ1) is 32.1. The van der Waals surface area contributed by atoms with Gasteiger partial charge in [-0.3, -0.25) is 9.69 Å². The second-order valence-corrected chi connectivity index (χ2v) is 11.9. The molecule has 1 aromatic carbocycles. The highest BCUT2D eigenvalue weighted by Gasteiger charge is 2.49. The number of benzene rings is 1. The van der Waals surface area contributed by atoms with Gasteiger partial charge in [-0.15, -0.1) is 11.8 Å². The van der Waals surface area contributed by atoms with Crippen LogP contribution in [0.4, 0.5) is 0 Å². The molecule has 0 saturated carbocycles. The maximum absolute atomic E-state index is 13.3. The number of nitrogens with zero attached hydrogens (tertiary/aromatic N) is 1. The van der Waals surface area contributed by atoms with E-state index >= 15 is 0 Å². The van der Waals surface area contributed by atoms with E-state index in [2.05, 4.69) is 12.2 Å². The van der Waals surface area contributed by atoms with Crippen LogP contribution in [0.1, 0.15) is 43.5 Å². The SMILES string of the molecule is CCC[C@@H]1C[C@@H](C(=O)N[C@@H]([C@H]2O[C@H](SCCOC(=O)c3cccc(Cl)c3)[C@H](O)[C@@H](O)[C@H]2O)[C@@H](C)OC)N(C)C1. The molecule has 0 radical (unpaired) electrons. The first-order valence-electron chi connectivity index (χ1n) is 13.3. The minimum Gasteiger partial charge on any atom is -0.461 e. The fourth-order valence-electron chi connectivity index (χ4n) is 5.21. The number of hydrogen-bond donors (Lipinski definition) is 4. The van der Waals surface area contributed by atoms with Gasteiger partial charge in [0.1, 0.15) is 36.5 Å². The van der Waals surface area contributed by atoms with Crippen LogP contribution in [0.15, 0.2) is 24.3 Å². The predicted molar refractivity (Wildman–Crippen MR) is 149 cm³/mol. The fourth-order valence-corrected chi connectivity index (χ4v) is 6.38. The third-order valence-electron chi connectivity index (χ3n) is 7.44. The van der Waals surface area contributed by atoms with Crippen LogP contribution in [-0.4, -0.2) is 113 Å². The van der Waals surface area contributed by atoms with Crippen LogP contribution in [0.2, 0.25) is 5.02 Å². The van der Waals surface area contributed by atoms with Crippen LogP contribution in [0.25, 0.3) is 0 Å². The molecule has 220 valence electrons. The van der Waals surface area contributed by atoms with Crippen molar-refractivity contribution in [1.29, 1.82) is 0 Å². The second kappa shape index (κ2) is 15.0. The number of carbonyl (C=O) groups excluding carboxylic acids is 2. The Hall–Kier alpha value is -1.44. The van der Waals surface area contributed by atoms with Crippen molar-refractivity contribution in [3.63, 3.8) is 0 Å². The molecule has 10 nitrogen and oxygen atoms in total. The summed E-state index contributed by atoms with van der Waals surface area (Å²) in [7, 11) is 3.41. The lowest BCUT2D eigenvalue weighted by Gasteiger charge is -2.44. The molecule has 2 aliphatic rings. The quantitative estimate of drug-likeness (QED) is 0.211. The summed E-state index contributed by atoms with van der Waals surface area (Å²) >= 11 is 7.06. The number of amides is 1. The van der Waals surface area contributed by atoms with E-state index < -0.39 is 48.0 Å². The van der Waals surface area contributed by atoms with Gasteiger partial charge in [0, 0.05) is 24.4 Å². The van der Waals surface area contributed by atoms with E-state index in [1.807, 2.05) is 11.9 Å². The molecular formula is C27H41ClN2O8S. The van der Waals surface area contributed by atoms with E-state index in [-0.39, 0.29) is 24.3 Å². The van der Waals surface area contributed by atoms with E-state index in [1.54, 1.807) is 25.1 Å². The summed E-state index contributed by atoms with van der Waals surface area (Å²) in [5.41, 5.74) is -0.620. The maximum atomic E-state index is 13.3. The van der Waals surface area contributed by atoms with Crippen LogP contribution in [0, 0.1) is 5.92 Å². The van der Waals surface area contributed by atoms with E-state index in [1.165, 1.54) is 13.2 Å². The summed E-state index contributed by atoms with van der Waals surface area (Å²) in [4.78, 5) is 27.6. The molecular weight excluding hydrogens is 548 g/mol. The Labute approximate surface area is 239 Å². The highest BCUT2D eigenvalue weighted by atomic mass is 35.5. The zero-order chi connectivity index (χ0) is 28.7. The molecule has 0 aliphatic carbocycles. The lowest BCUT2D eigenvalue weighted by Crippen LogP contribution is -2.66. The number of rotatable bonds is 12. The van der Waals surface area contributed by atoms with Crippen molar-refractivity contribution in [1.82, 2.24) is 10.2 Å². The molecule has 12 heteroatoms. The molecule has 2 aliphatic heterocycles.